The summed E-state index contributed by atoms with van der Waals surface area (Å²) < 4.78 is 16.5. The van der Waals surface area contributed by atoms with Crippen LogP contribution in [-0.2, 0) is 16.0 Å². The van der Waals surface area contributed by atoms with Crippen molar-refractivity contribution in [2.45, 2.75) is 19.8 Å². The van der Waals surface area contributed by atoms with Gasteiger partial charge in [0.1, 0.15) is 5.75 Å². The summed E-state index contributed by atoms with van der Waals surface area (Å²) in [4.78, 5) is 26.7. The highest BCUT2D eigenvalue weighted by Crippen LogP contribution is 2.38. The highest BCUT2D eigenvalue weighted by molar-refractivity contribution is 6.32. The van der Waals surface area contributed by atoms with Crippen molar-refractivity contribution in [2.75, 3.05) is 38.7 Å². The number of hydrogen-bond donors (Lipinski definition) is 1. The SMILES string of the molecule is CCN(CC(=O)Nc1cccc(OC)c1)C(=O)Cc1cc(Cl)c2c(c1)OCCCO2. The zero-order valence-electron chi connectivity index (χ0n) is 17.1. The first kappa shape index (κ1) is 21.8. The van der Waals surface area contributed by atoms with Crippen molar-refractivity contribution in [1.82, 2.24) is 4.90 Å². The minimum absolute atomic E-state index is 0.0508. The molecule has 0 spiro atoms. The second-order valence-electron chi connectivity index (χ2n) is 6.82. The van der Waals surface area contributed by atoms with Gasteiger partial charge in [-0.1, -0.05) is 17.7 Å². The van der Waals surface area contributed by atoms with Gasteiger partial charge < -0.3 is 24.4 Å². The summed E-state index contributed by atoms with van der Waals surface area (Å²) in [5.41, 5.74) is 1.32. The number of benzene rings is 2. The van der Waals surface area contributed by atoms with E-state index < -0.39 is 0 Å². The number of anilines is 1. The van der Waals surface area contributed by atoms with Crippen molar-refractivity contribution in [3.8, 4) is 17.2 Å². The molecule has 0 radical (unpaired) electrons. The van der Waals surface area contributed by atoms with Crippen LogP contribution in [-0.4, -0.2) is 50.1 Å². The number of ether oxygens (including phenoxy) is 3. The lowest BCUT2D eigenvalue weighted by molar-refractivity contribution is -0.133. The zero-order chi connectivity index (χ0) is 21.5. The molecule has 30 heavy (non-hydrogen) atoms. The Morgan fingerprint density at radius 3 is 2.77 bits per heavy atom. The van der Waals surface area contributed by atoms with Gasteiger partial charge in [-0.3, -0.25) is 9.59 Å². The van der Waals surface area contributed by atoms with E-state index >= 15 is 0 Å². The van der Waals surface area contributed by atoms with Crippen molar-refractivity contribution in [1.29, 1.82) is 0 Å². The highest BCUT2D eigenvalue weighted by atomic mass is 35.5. The number of likely N-dealkylation sites (N-methyl/N-ethyl adjacent to an activating group) is 1. The number of carbonyl (C=O) groups is 2. The lowest BCUT2D eigenvalue weighted by Gasteiger charge is -2.21. The normalized spacial score (nSPS) is 12.6. The van der Waals surface area contributed by atoms with Gasteiger partial charge >= 0.3 is 0 Å². The van der Waals surface area contributed by atoms with Crippen molar-refractivity contribution in [3.05, 3.63) is 47.0 Å². The summed E-state index contributed by atoms with van der Waals surface area (Å²) in [5.74, 6) is 1.23. The van der Waals surface area contributed by atoms with Crippen LogP contribution < -0.4 is 19.5 Å². The van der Waals surface area contributed by atoms with E-state index in [1.807, 2.05) is 6.92 Å². The Morgan fingerprint density at radius 2 is 2.00 bits per heavy atom. The minimum Gasteiger partial charge on any atom is -0.497 e. The lowest BCUT2D eigenvalue weighted by Crippen LogP contribution is -2.38. The number of nitrogens with zero attached hydrogens (tertiary/aromatic N) is 1. The molecule has 7 nitrogen and oxygen atoms in total. The number of fused-ring (bicyclic) bond motifs is 1. The van der Waals surface area contributed by atoms with Crippen LogP contribution in [0.1, 0.15) is 18.9 Å². The fourth-order valence-corrected chi connectivity index (χ4v) is 3.41. The Morgan fingerprint density at radius 1 is 1.20 bits per heavy atom. The number of hydrogen-bond acceptors (Lipinski definition) is 5. The number of methoxy groups -OCH3 is 1. The van der Waals surface area contributed by atoms with Crippen LogP contribution in [0.2, 0.25) is 5.02 Å². The first-order valence-corrected chi connectivity index (χ1v) is 10.2. The monoisotopic (exact) mass is 432 g/mol. The predicted molar refractivity (Wildman–Crippen MR) is 115 cm³/mol. The first-order chi connectivity index (χ1) is 14.5. The van der Waals surface area contributed by atoms with Gasteiger partial charge in [0.15, 0.2) is 11.5 Å². The topological polar surface area (TPSA) is 77.1 Å². The molecular formula is C22H25ClN2O5. The average Bonchev–Trinajstić information content (AvgIpc) is 2.98. The van der Waals surface area contributed by atoms with Gasteiger partial charge in [0, 0.05) is 24.7 Å². The molecule has 2 aromatic carbocycles. The zero-order valence-corrected chi connectivity index (χ0v) is 17.8. The fraction of sp³-hybridized carbons (Fsp3) is 0.364. The van der Waals surface area contributed by atoms with E-state index in [1.165, 1.54) is 4.90 Å². The Bertz CT molecular complexity index is 918. The molecule has 1 aliphatic rings. The second kappa shape index (κ2) is 10.2. The molecule has 8 heteroatoms. The summed E-state index contributed by atoms with van der Waals surface area (Å²) in [6, 6.07) is 10.5. The van der Waals surface area contributed by atoms with E-state index in [-0.39, 0.29) is 24.8 Å². The van der Waals surface area contributed by atoms with E-state index in [9.17, 15) is 9.59 Å². The third-order valence-electron chi connectivity index (χ3n) is 4.64. The predicted octanol–water partition coefficient (Wildman–Crippen LogP) is 3.54. The van der Waals surface area contributed by atoms with Gasteiger partial charge in [0.2, 0.25) is 11.8 Å². The molecule has 0 bridgehead atoms. The van der Waals surface area contributed by atoms with Crippen LogP contribution in [0.25, 0.3) is 0 Å². The standard InChI is InChI=1S/C22H25ClN2O5/c1-3-25(14-20(26)24-16-6-4-7-17(13-16)28-2)21(27)12-15-10-18(23)22-19(11-15)29-8-5-9-30-22/h4,6-7,10-11,13H,3,5,8-9,12,14H2,1-2H3,(H,24,26). The smallest absolute Gasteiger partial charge is 0.243 e. The van der Waals surface area contributed by atoms with Crippen LogP contribution >= 0.6 is 11.6 Å². The summed E-state index contributed by atoms with van der Waals surface area (Å²) in [7, 11) is 1.56. The molecule has 1 N–H and O–H groups in total. The maximum atomic E-state index is 12.8. The van der Waals surface area contributed by atoms with Crippen LogP contribution in [0.3, 0.4) is 0 Å². The molecule has 0 atom stereocenters. The largest absolute Gasteiger partial charge is 0.497 e. The molecule has 2 aromatic rings. The van der Waals surface area contributed by atoms with Crippen molar-refractivity contribution < 1.29 is 23.8 Å². The van der Waals surface area contributed by atoms with Gasteiger partial charge in [0.05, 0.1) is 38.3 Å². The molecule has 0 aliphatic carbocycles. The summed E-state index contributed by atoms with van der Waals surface area (Å²) in [6.45, 7) is 3.26. The summed E-state index contributed by atoms with van der Waals surface area (Å²) in [5, 5.41) is 3.20. The number of amides is 2. The molecule has 160 valence electrons. The molecule has 1 aliphatic heterocycles. The molecule has 0 fully saturated rings. The van der Waals surface area contributed by atoms with E-state index in [2.05, 4.69) is 5.32 Å². The van der Waals surface area contributed by atoms with Gasteiger partial charge in [-0.05, 0) is 36.8 Å². The van der Waals surface area contributed by atoms with Crippen molar-refractivity contribution in [2.24, 2.45) is 0 Å². The van der Waals surface area contributed by atoms with Gasteiger partial charge in [-0.2, -0.15) is 0 Å². The first-order valence-electron chi connectivity index (χ1n) is 9.80. The quantitative estimate of drug-likeness (QED) is 0.724. The van der Waals surface area contributed by atoms with E-state index in [4.69, 9.17) is 25.8 Å². The third kappa shape index (κ3) is 5.57. The number of nitrogens with one attached hydrogen (secondary N) is 1. The Labute approximate surface area is 180 Å². The minimum atomic E-state index is -0.282. The van der Waals surface area contributed by atoms with Gasteiger partial charge in [-0.15, -0.1) is 0 Å². The van der Waals surface area contributed by atoms with E-state index in [0.29, 0.717) is 53.3 Å². The van der Waals surface area contributed by atoms with Gasteiger partial charge in [0.25, 0.3) is 0 Å². The second-order valence-corrected chi connectivity index (χ2v) is 7.23. The molecule has 1 heterocycles. The molecule has 0 unspecified atom stereocenters. The number of halogens is 1. The van der Waals surface area contributed by atoms with Crippen LogP contribution in [0.4, 0.5) is 5.69 Å². The molecule has 0 aromatic heterocycles. The van der Waals surface area contributed by atoms with Crippen molar-refractivity contribution in [3.63, 3.8) is 0 Å². The Kier molecular flexibility index (Phi) is 7.41. The maximum Gasteiger partial charge on any atom is 0.243 e. The van der Waals surface area contributed by atoms with Crippen LogP contribution in [0.5, 0.6) is 17.2 Å². The maximum absolute atomic E-state index is 12.8. The molecule has 2 amide bonds. The number of rotatable bonds is 7. The third-order valence-corrected chi connectivity index (χ3v) is 4.92. The average molecular weight is 433 g/mol. The molecular weight excluding hydrogens is 408 g/mol. The van der Waals surface area contributed by atoms with Gasteiger partial charge in [-0.25, -0.2) is 0 Å². The van der Waals surface area contributed by atoms with Crippen molar-refractivity contribution >= 4 is 29.1 Å². The van der Waals surface area contributed by atoms with E-state index in [0.717, 1.165) is 6.42 Å². The number of carbonyl (C=O) groups excluding carboxylic acids is 2. The Balaban J connectivity index is 1.64. The molecule has 3 rings (SSSR count). The highest BCUT2D eigenvalue weighted by Gasteiger charge is 2.20. The summed E-state index contributed by atoms with van der Waals surface area (Å²) >= 11 is 6.31. The Hall–Kier alpha value is -2.93. The fourth-order valence-electron chi connectivity index (χ4n) is 3.12. The summed E-state index contributed by atoms with van der Waals surface area (Å²) in [6.07, 6.45) is 0.877. The van der Waals surface area contributed by atoms with E-state index in [1.54, 1.807) is 43.5 Å². The lowest BCUT2D eigenvalue weighted by atomic mass is 10.1. The van der Waals surface area contributed by atoms with Crippen LogP contribution in [0, 0.1) is 0 Å². The molecule has 0 saturated carbocycles. The molecule has 0 saturated heterocycles. The van der Waals surface area contributed by atoms with Crippen LogP contribution in [0.15, 0.2) is 36.4 Å².